The summed E-state index contributed by atoms with van der Waals surface area (Å²) in [6.07, 6.45) is 2.85. The fourth-order valence-corrected chi connectivity index (χ4v) is 2.57. The molecule has 1 aromatic heterocycles. The van der Waals surface area contributed by atoms with E-state index in [2.05, 4.69) is 29.0 Å². The van der Waals surface area contributed by atoms with Crippen LogP contribution in [0.1, 0.15) is 30.6 Å². The van der Waals surface area contributed by atoms with Gasteiger partial charge in [0, 0.05) is 45.5 Å². The predicted octanol–water partition coefficient (Wildman–Crippen LogP) is 1.68. The van der Waals surface area contributed by atoms with E-state index in [1.807, 2.05) is 17.0 Å². The van der Waals surface area contributed by atoms with E-state index in [1.165, 1.54) is 0 Å². The van der Waals surface area contributed by atoms with Crippen LogP contribution >= 0.6 is 0 Å². The van der Waals surface area contributed by atoms with Crippen molar-refractivity contribution in [3.8, 4) is 0 Å². The monoisotopic (exact) mass is 276 g/mol. The van der Waals surface area contributed by atoms with E-state index in [1.54, 1.807) is 13.2 Å². The van der Waals surface area contributed by atoms with E-state index in [9.17, 15) is 4.79 Å². The predicted molar refractivity (Wildman–Crippen MR) is 81.0 cm³/mol. The number of carbonyl (C=O) groups excluding carboxylic acids is 1. The molecule has 1 aromatic rings. The summed E-state index contributed by atoms with van der Waals surface area (Å²) >= 11 is 0. The van der Waals surface area contributed by atoms with Crippen molar-refractivity contribution in [1.29, 1.82) is 0 Å². The van der Waals surface area contributed by atoms with E-state index >= 15 is 0 Å². The number of pyridine rings is 1. The lowest BCUT2D eigenvalue weighted by molar-refractivity contribution is 0.0580. The third kappa shape index (κ3) is 3.10. The van der Waals surface area contributed by atoms with Gasteiger partial charge in [-0.2, -0.15) is 0 Å². The molecule has 1 fully saturated rings. The van der Waals surface area contributed by atoms with Gasteiger partial charge in [0.25, 0.3) is 5.91 Å². The molecule has 0 spiro atoms. The average molecular weight is 276 g/mol. The molecule has 1 saturated heterocycles. The molecule has 2 rings (SSSR count). The highest BCUT2D eigenvalue weighted by Gasteiger charge is 2.25. The number of amides is 1. The number of hydrogen-bond acceptors (Lipinski definition) is 4. The molecule has 0 saturated carbocycles. The quantitative estimate of drug-likeness (QED) is 0.909. The third-order valence-electron chi connectivity index (χ3n) is 4.09. The van der Waals surface area contributed by atoms with Gasteiger partial charge in [0.2, 0.25) is 0 Å². The first-order chi connectivity index (χ1) is 9.67. The zero-order valence-electron chi connectivity index (χ0n) is 12.6. The average Bonchev–Trinajstić information content (AvgIpc) is 2.53. The molecule has 5 heteroatoms. The van der Waals surface area contributed by atoms with Gasteiger partial charge in [-0.3, -0.25) is 9.69 Å². The minimum absolute atomic E-state index is 0.0752. The zero-order chi connectivity index (χ0) is 14.5. The number of piperazine rings is 1. The smallest absolute Gasteiger partial charge is 0.257 e. The van der Waals surface area contributed by atoms with Crippen LogP contribution in [0.2, 0.25) is 0 Å². The van der Waals surface area contributed by atoms with Gasteiger partial charge in [-0.1, -0.05) is 6.92 Å². The summed E-state index contributed by atoms with van der Waals surface area (Å²) in [6.45, 7) is 7.95. The Morgan fingerprint density at radius 2 is 2.10 bits per heavy atom. The molecule has 110 valence electrons. The Labute approximate surface area is 121 Å². The Hall–Kier alpha value is -1.62. The van der Waals surface area contributed by atoms with Crippen LogP contribution in [0.15, 0.2) is 18.3 Å². The van der Waals surface area contributed by atoms with Crippen molar-refractivity contribution in [3.63, 3.8) is 0 Å². The van der Waals surface area contributed by atoms with Crippen molar-refractivity contribution in [2.45, 2.75) is 26.3 Å². The second-order valence-electron chi connectivity index (χ2n) is 5.24. The lowest BCUT2D eigenvalue weighted by Crippen LogP contribution is -2.51. The minimum atomic E-state index is 0.0752. The zero-order valence-corrected chi connectivity index (χ0v) is 12.6. The first-order valence-corrected chi connectivity index (χ1v) is 7.33. The number of anilines is 1. The molecule has 0 aromatic carbocycles. The van der Waals surface area contributed by atoms with E-state index in [0.29, 0.717) is 17.4 Å². The first kappa shape index (κ1) is 14.8. The topological polar surface area (TPSA) is 48.5 Å². The summed E-state index contributed by atoms with van der Waals surface area (Å²) in [4.78, 5) is 21.1. The Morgan fingerprint density at radius 1 is 1.40 bits per heavy atom. The maximum Gasteiger partial charge on any atom is 0.257 e. The standard InChI is InChI=1S/C15H24N4O/c1-4-12(2)18-8-10-19(11-9-18)15(20)13-6-5-7-17-14(13)16-3/h5-7,12H,4,8-11H2,1-3H3,(H,16,17). The van der Waals surface area contributed by atoms with E-state index < -0.39 is 0 Å². The van der Waals surface area contributed by atoms with E-state index in [0.717, 1.165) is 32.6 Å². The third-order valence-corrected chi connectivity index (χ3v) is 4.09. The fraction of sp³-hybridized carbons (Fsp3) is 0.600. The van der Waals surface area contributed by atoms with Gasteiger partial charge < -0.3 is 10.2 Å². The van der Waals surface area contributed by atoms with Gasteiger partial charge in [0.05, 0.1) is 5.56 Å². The van der Waals surface area contributed by atoms with E-state index in [4.69, 9.17) is 0 Å². The molecule has 0 bridgehead atoms. The number of hydrogen-bond donors (Lipinski definition) is 1. The number of nitrogens with zero attached hydrogens (tertiary/aromatic N) is 3. The molecule has 0 aliphatic carbocycles. The van der Waals surface area contributed by atoms with Gasteiger partial charge >= 0.3 is 0 Å². The Morgan fingerprint density at radius 3 is 2.70 bits per heavy atom. The van der Waals surface area contributed by atoms with Crippen LogP contribution in [0.4, 0.5) is 5.82 Å². The molecule has 2 heterocycles. The highest BCUT2D eigenvalue weighted by molar-refractivity contribution is 5.98. The van der Waals surface area contributed by atoms with Crippen molar-refractivity contribution >= 4 is 11.7 Å². The maximum absolute atomic E-state index is 12.6. The molecular formula is C15H24N4O. The largest absolute Gasteiger partial charge is 0.372 e. The molecular weight excluding hydrogens is 252 g/mol. The van der Waals surface area contributed by atoms with Gasteiger partial charge in [-0.25, -0.2) is 4.98 Å². The number of rotatable bonds is 4. The lowest BCUT2D eigenvalue weighted by atomic mass is 10.1. The van der Waals surface area contributed by atoms with Gasteiger partial charge in [0.15, 0.2) is 0 Å². The Bertz CT molecular complexity index is 455. The second-order valence-corrected chi connectivity index (χ2v) is 5.24. The number of nitrogens with one attached hydrogen (secondary N) is 1. The van der Waals surface area contributed by atoms with Gasteiger partial charge in [-0.05, 0) is 25.5 Å². The molecule has 1 amide bonds. The van der Waals surface area contributed by atoms with Crippen molar-refractivity contribution in [2.75, 3.05) is 38.5 Å². The van der Waals surface area contributed by atoms with Crippen molar-refractivity contribution in [2.24, 2.45) is 0 Å². The summed E-state index contributed by atoms with van der Waals surface area (Å²) in [7, 11) is 1.79. The molecule has 1 aliphatic heterocycles. The number of carbonyl (C=O) groups is 1. The molecule has 1 aliphatic rings. The molecule has 20 heavy (non-hydrogen) atoms. The molecule has 5 nitrogen and oxygen atoms in total. The Balaban J connectivity index is 2.01. The fourth-order valence-electron chi connectivity index (χ4n) is 2.57. The molecule has 1 N–H and O–H groups in total. The van der Waals surface area contributed by atoms with Crippen LogP contribution in [0.3, 0.4) is 0 Å². The summed E-state index contributed by atoms with van der Waals surface area (Å²) in [6, 6.07) is 4.24. The number of aromatic nitrogens is 1. The summed E-state index contributed by atoms with van der Waals surface area (Å²) in [5, 5.41) is 2.98. The lowest BCUT2D eigenvalue weighted by Gasteiger charge is -2.38. The van der Waals surface area contributed by atoms with E-state index in [-0.39, 0.29) is 5.91 Å². The SMILES string of the molecule is CCC(C)N1CCN(C(=O)c2cccnc2NC)CC1. The summed E-state index contributed by atoms with van der Waals surface area (Å²) < 4.78 is 0. The summed E-state index contributed by atoms with van der Waals surface area (Å²) in [5.74, 6) is 0.730. The van der Waals surface area contributed by atoms with Crippen molar-refractivity contribution < 1.29 is 4.79 Å². The van der Waals surface area contributed by atoms with Crippen molar-refractivity contribution in [1.82, 2.24) is 14.8 Å². The minimum Gasteiger partial charge on any atom is -0.372 e. The maximum atomic E-state index is 12.6. The normalized spacial score (nSPS) is 17.9. The Kier molecular flexibility index (Phi) is 4.95. The van der Waals surface area contributed by atoms with Gasteiger partial charge in [-0.15, -0.1) is 0 Å². The molecule has 0 radical (unpaired) electrons. The molecule has 1 atom stereocenters. The second kappa shape index (κ2) is 6.70. The van der Waals surface area contributed by atoms with Crippen LogP contribution in [-0.4, -0.2) is 60.0 Å². The van der Waals surface area contributed by atoms with Crippen LogP contribution in [-0.2, 0) is 0 Å². The highest BCUT2D eigenvalue weighted by atomic mass is 16.2. The van der Waals surface area contributed by atoms with Gasteiger partial charge in [0.1, 0.15) is 5.82 Å². The van der Waals surface area contributed by atoms with Crippen LogP contribution in [0.25, 0.3) is 0 Å². The van der Waals surface area contributed by atoms with Crippen LogP contribution < -0.4 is 5.32 Å². The first-order valence-electron chi connectivity index (χ1n) is 7.33. The summed E-state index contributed by atoms with van der Waals surface area (Å²) in [5.41, 5.74) is 0.659. The molecule has 1 unspecified atom stereocenters. The van der Waals surface area contributed by atoms with Crippen LogP contribution in [0, 0.1) is 0 Å². The highest BCUT2D eigenvalue weighted by Crippen LogP contribution is 2.16. The van der Waals surface area contributed by atoms with Crippen LogP contribution in [0.5, 0.6) is 0 Å². The van der Waals surface area contributed by atoms with Crippen molar-refractivity contribution in [3.05, 3.63) is 23.9 Å².